The van der Waals surface area contributed by atoms with Gasteiger partial charge in [-0.05, 0) is 51.8 Å². The Labute approximate surface area is 101 Å². The molecule has 88 valence electrons. The summed E-state index contributed by atoms with van der Waals surface area (Å²) in [5.41, 5.74) is 2.78. The van der Waals surface area contributed by atoms with Gasteiger partial charge >= 0.3 is 8.80 Å². The minimum Gasteiger partial charge on any atom is -0.396 e. The highest BCUT2D eigenvalue weighted by Crippen LogP contribution is 2.19. The maximum absolute atomic E-state index is 8.88. The van der Waals surface area contributed by atoms with Gasteiger partial charge in [-0.25, -0.2) is 0 Å². The fourth-order valence-corrected chi connectivity index (χ4v) is 5.54. The molecule has 0 saturated carbocycles. The average molecular weight is 235 g/mol. The van der Waals surface area contributed by atoms with Crippen LogP contribution in [0.1, 0.15) is 33.3 Å². The molecule has 1 nitrogen and oxygen atoms in total. The Hall–Kier alpha value is -0.603. The molecule has 0 saturated heterocycles. The van der Waals surface area contributed by atoms with Crippen LogP contribution < -0.4 is 5.19 Å². The first-order valence-corrected chi connectivity index (χ1v) is 7.78. The molecular weight excluding hydrogens is 212 g/mol. The predicted molar refractivity (Wildman–Crippen MR) is 72.8 cm³/mol. The van der Waals surface area contributed by atoms with E-state index in [2.05, 4.69) is 52.0 Å². The van der Waals surface area contributed by atoms with E-state index >= 15 is 0 Å². The van der Waals surface area contributed by atoms with E-state index in [1.165, 1.54) is 10.8 Å². The molecule has 0 unspecified atom stereocenters. The standard InChI is InChI=1S/C14H23OSi/c1-11(2)16(12(3)4)14-7-5-13(6-8-14)9-10-15/h5-8,11-12,15H,9-10H2,1-4H3/q+1. The highest BCUT2D eigenvalue weighted by Gasteiger charge is 2.37. The third-order valence-electron chi connectivity index (χ3n) is 2.93. The van der Waals surface area contributed by atoms with Gasteiger partial charge in [0, 0.05) is 6.61 Å². The topological polar surface area (TPSA) is 20.2 Å². The summed E-state index contributed by atoms with van der Waals surface area (Å²) in [7, 11) is -0.450. The second kappa shape index (κ2) is 6.21. The molecule has 1 aromatic rings. The first-order valence-electron chi connectivity index (χ1n) is 6.13. The first kappa shape index (κ1) is 13.5. The van der Waals surface area contributed by atoms with Crippen LogP contribution in [0.4, 0.5) is 0 Å². The zero-order chi connectivity index (χ0) is 12.1. The van der Waals surface area contributed by atoms with Crippen LogP contribution in [0.2, 0.25) is 11.1 Å². The Balaban J connectivity index is 2.85. The van der Waals surface area contributed by atoms with Gasteiger partial charge in [0.2, 0.25) is 0 Å². The molecule has 0 heterocycles. The number of hydrogen-bond donors (Lipinski definition) is 1. The van der Waals surface area contributed by atoms with Crippen LogP contribution in [0, 0.1) is 0 Å². The maximum Gasteiger partial charge on any atom is 0.357 e. The summed E-state index contributed by atoms with van der Waals surface area (Å²) in [6.45, 7) is 9.56. The van der Waals surface area contributed by atoms with Gasteiger partial charge in [0.25, 0.3) is 0 Å². The summed E-state index contributed by atoms with van der Waals surface area (Å²) in [6, 6.07) is 8.86. The van der Waals surface area contributed by atoms with Crippen molar-refractivity contribution in [1.29, 1.82) is 0 Å². The van der Waals surface area contributed by atoms with Crippen molar-refractivity contribution >= 4 is 14.0 Å². The monoisotopic (exact) mass is 235 g/mol. The van der Waals surface area contributed by atoms with Gasteiger partial charge in [0.15, 0.2) is 0 Å². The molecule has 0 aromatic heterocycles. The van der Waals surface area contributed by atoms with Gasteiger partial charge < -0.3 is 5.11 Å². The van der Waals surface area contributed by atoms with E-state index < -0.39 is 8.80 Å². The zero-order valence-electron chi connectivity index (χ0n) is 10.8. The van der Waals surface area contributed by atoms with Crippen molar-refractivity contribution in [3.05, 3.63) is 29.8 Å². The van der Waals surface area contributed by atoms with Crippen molar-refractivity contribution in [2.75, 3.05) is 6.61 Å². The molecule has 0 aliphatic rings. The number of aliphatic hydroxyl groups excluding tert-OH is 1. The van der Waals surface area contributed by atoms with Crippen LogP contribution in [0.15, 0.2) is 24.3 Å². The maximum atomic E-state index is 8.88. The molecule has 16 heavy (non-hydrogen) atoms. The third-order valence-corrected chi connectivity index (χ3v) is 6.42. The molecule has 0 amide bonds. The summed E-state index contributed by atoms with van der Waals surface area (Å²) in [5, 5.41) is 10.4. The van der Waals surface area contributed by atoms with Crippen LogP contribution in [0.25, 0.3) is 0 Å². The smallest absolute Gasteiger partial charge is 0.357 e. The molecule has 0 atom stereocenters. The average Bonchev–Trinajstić information content (AvgIpc) is 2.20. The summed E-state index contributed by atoms with van der Waals surface area (Å²) in [6.07, 6.45) is 0.770. The molecule has 2 heteroatoms. The fraction of sp³-hybridized carbons (Fsp3) is 0.571. The molecule has 0 aliphatic carbocycles. The Morgan fingerprint density at radius 2 is 1.50 bits per heavy atom. The predicted octanol–water partition coefficient (Wildman–Crippen LogP) is 2.74. The van der Waals surface area contributed by atoms with E-state index in [0.29, 0.717) is 0 Å². The zero-order valence-corrected chi connectivity index (χ0v) is 11.8. The molecule has 1 N–H and O–H groups in total. The molecule has 0 aliphatic heterocycles. The van der Waals surface area contributed by atoms with Crippen molar-refractivity contribution < 1.29 is 5.11 Å². The van der Waals surface area contributed by atoms with Crippen LogP contribution in [-0.2, 0) is 6.42 Å². The lowest BCUT2D eigenvalue weighted by atomic mass is 10.2. The lowest BCUT2D eigenvalue weighted by molar-refractivity contribution is 0.299. The summed E-state index contributed by atoms with van der Waals surface area (Å²) >= 11 is 0. The molecule has 0 bridgehead atoms. The van der Waals surface area contributed by atoms with Gasteiger partial charge in [-0.1, -0.05) is 12.1 Å². The van der Waals surface area contributed by atoms with Gasteiger partial charge in [-0.3, -0.25) is 0 Å². The molecule has 1 aromatic carbocycles. The van der Waals surface area contributed by atoms with Crippen LogP contribution in [-0.4, -0.2) is 20.5 Å². The Morgan fingerprint density at radius 3 is 1.88 bits per heavy atom. The number of benzene rings is 1. The van der Waals surface area contributed by atoms with Gasteiger partial charge in [-0.2, -0.15) is 0 Å². The second-order valence-electron chi connectivity index (χ2n) is 4.94. The van der Waals surface area contributed by atoms with Crippen molar-refractivity contribution in [2.24, 2.45) is 0 Å². The summed E-state index contributed by atoms with van der Waals surface area (Å²) in [4.78, 5) is 0. The van der Waals surface area contributed by atoms with E-state index in [0.717, 1.165) is 17.5 Å². The van der Waals surface area contributed by atoms with Gasteiger partial charge in [0.05, 0.1) is 16.3 Å². The van der Waals surface area contributed by atoms with Crippen LogP contribution >= 0.6 is 0 Å². The highest BCUT2D eigenvalue weighted by atomic mass is 28.3. The largest absolute Gasteiger partial charge is 0.396 e. The first-order chi connectivity index (χ1) is 7.56. The highest BCUT2D eigenvalue weighted by molar-refractivity contribution is 6.75. The van der Waals surface area contributed by atoms with E-state index in [-0.39, 0.29) is 6.61 Å². The molecule has 0 spiro atoms. The molecule has 0 fully saturated rings. The number of aliphatic hydroxyl groups is 1. The number of rotatable bonds is 5. The van der Waals surface area contributed by atoms with Gasteiger partial charge in [-0.15, -0.1) is 0 Å². The van der Waals surface area contributed by atoms with Gasteiger partial charge in [0.1, 0.15) is 0 Å². The van der Waals surface area contributed by atoms with E-state index in [1.54, 1.807) is 0 Å². The van der Waals surface area contributed by atoms with E-state index in [9.17, 15) is 0 Å². The summed E-state index contributed by atoms with van der Waals surface area (Å²) < 4.78 is 0. The van der Waals surface area contributed by atoms with Crippen molar-refractivity contribution in [3.63, 3.8) is 0 Å². The summed E-state index contributed by atoms with van der Waals surface area (Å²) in [5.74, 6) is 0. The van der Waals surface area contributed by atoms with Crippen molar-refractivity contribution in [3.8, 4) is 0 Å². The Morgan fingerprint density at radius 1 is 1.00 bits per heavy atom. The minimum atomic E-state index is -0.450. The van der Waals surface area contributed by atoms with Crippen LogP contribution in [0.3, 0.4) is 0 Å². The molecule has 1 rings (SSSR count). The SMILES string of the molecule is CC(C)[Si+](c1ccc(CCO)cc1)C(C)C. The third kappa shape index (κ3) is 3.46. The van der Waals surface area contributed by atoms with Crippen LogP contribution in [0.5, 0.6) is 0 Å². The normalized spacial score (nSPS) is 11.2. The lowest BCUT2D eigenvalue weighted by Crippen LogP contribution is -2.35. The van der Waals surface area contributed by atoms with Crippen molar-refractivity contribution in [1.82, 2.24) is 0 Å². The van der Waals surface area contributed by atoms with Crippen molar-refractivity contribution in [2.45, 2.75) is 45.2 Å². The minimum absolute atomic E-state index is 0.242. The lowest BCUT2D eigenvalue weighted by Gasteiger charge is -2.09. The molecular formula is C14H23OSi+. The second-order valence-corrected chi connectivity index (χ2v) is 8.73. The molecule has 0 radical (unpaired) electrons. The Kier molecular flexibility index (Phi) is 5.23. The quantitative estimate of drug-likeness (QED) is 0.778. The van der Waals surface area contributed by atoms with E-state index in [1.807, 2.05) is 0 Å². The fourth-order valence-electron chi connectivity index (χ4n) is 2.33. The Bertz CT molecular complexity index is 295. The number of hydrogen-bond acceptors (Lipinski definition) is 1. The van der Waals surface area contributed by atoms with E-state index in [4.69, 9.17) is 5.11 Å².